The van der Waals surface area contributed by atoms with Gasteiger partial charge >= 0.3 is 5.82 Å². The summed E-state index contributed by atoms with van der Waals surface area (Å²) in [5.41, 5.74) is 1.03. The zero-order valence-corrected chi connectivity index (χ0v) is 10.8. The molecule has 1 aromatic carbocycles. The van der Waals surface area contributed by atoms with Gasteiger partial charge in [-0.3, -0.25) is 0 Å². The summed E-state index contributed by atoms with van der Waals surface area (Å²) in [6.07, 6.45) is 1.85. The van der Waals surface area contributed by atoms with Crippen LogP contribution in [0.4, 0.5) is 5.82 Å². The molecule has 0 spiro atoms. The van der Waals surface area contributed by atoms with Crippen molar-refractivity contribution >= 4 is 5.82 Å². The number of imidazole rings is 1. The van der Waals surface area contributed by atoms with Crippen LogP contribution in [0.1, 0.15) is 5.56 Å². The SMILES string of the molecule is O=[N+]([O-])c1cn(CC(O)COCc2ccccc2)cn1. The molecule has 0 bridgehead atoms. The van der Waals surface area contributed by atoms with Crippen molar-refractivity contribution in [2.45, 2.75) is 19.3 Å². The van der Waals surface area contributed by atoms with Crippen LogP contribution in [0.15, 0.2) is 42.9 Å². The molecule has 106 valence electrons. The minimum atomic E-state index is -0.743. The van der Waals surface area contributed by atoms with E-state index in [9.17, 15) is 15.2 Å². The van der Waals surface area contributed by atoms with E-state index in [1.807, 2.05) is 30.3 Å². The lowest BCUT2D eigenvalue weighted by molar-refractivity contribution is -0.389. The molecule has 2 rings (SSSR count). The Morgan fingerprint density at radius 2 is 2.15 bits per heavy atom. The van der Waals surface area contributed by atoms with E-state index < -0.39 is 11.0 Å². The van der Waals surface area contributed by atoms with E-state index in [0.717, 1.165) is 5.56 Å². The molecular weight excluding hydrogens is 262 g/mol. The zero-order chi connectivity index (χ0) is 14.4. The van der Waals surface area contributed by atoms with E-state index in [1.165, 1.54) is 17.1 Å². The van der Waals surface area contributed by atoms with Gasteiger partial charge in [0.1, 0.15) is 6.20 Å². The van der Waals surface area contributed by atoms with Gasteiger partial charge < -0.3 is 24.5 Å². The number of hydrogen-bond acceptors (Lipinski definition) is 5. The third-order valence-corrected chi connectivity index (χ3v) is 2.65. The summed E-state index contributed by atoms with van der Waals surface area (Å²) in [6.45, 7) is 0.776. The summed E-state index contributed by atoms with van der Waals surface area (Å²) in [6, 6.07) is 9.63. The third kappa shape index (κ3) is 4.15. The molecule has 0 fully saturated rings. The molecule has 1 N–H and O–H groups in total. The fourth-order valence-corrected chi connectivity index (χ4v) is 1.73. The van der Waals surface area contributed by atoms with Gasteiger partial charge in [-0.2, -0.15) is 0 Å². The summed E-state index contributed by atoms with van der Waals surface area (Å²) in [5, 5.41) is 20.3. The lowest BCUT2D eigenvalue weighted by Crippen LogP contribution is -2.21. The Balaban J connectivity index is 1.74. The third-order valence-electron chi connectivity index (χ3n) is 2.65. The highest BCUT2D eigenvalue weighted by Crippen LogP contribution is 2.07. The van der Waals surface area contributed by atoms with Gasteiger partial charge in [0.15, 0.2) is 0 Å². The second kappa shape index (κ2) is 6.78. The monoisotopic (exact) mass is 277 g/mol. The molecule has 1 unspecified atom stereocenters. The van der Waals surface area contributed by atoms with Gasteiger partial charge in [0.2, 0.25) is 6.33 Å². The van der Waals surface area contributed by atoms with Crippen LogP contribution < -0.4 is 0 Å². The van der Waals surface area contributed by atoms with E-state index in [0.29, 0.717) is 6.61 Å². The first kappa shape index (κ1) is 14.2. The predicted molar refractivity (Wildman–Crippen MR) is 71.0 cm³/mol. The van der Waals surface area contributed by atoms with E-state index in [2.05, 4.69) is 4.98 Å². The number of ether oxygens (including phenoxy) is 1. The number of benzene rings is 1. The number of aromatic nitrogens is 2. The van der Waals surface area contributed by atoms with Crippen LogP contribution in [-0.4, -0.2) is 32.3 Å². The molecule has 0 radical (unpaired) electrons. The topological polar surface area (TPSA) is 90.4 Å². The Morgan fingerprint density at radius 3 is 2.80 bits per heavy atom. The molecule has 1 aromatic heterocycles. The van der Waals surface area contributed by atoms with E-state index in [4.69, 9.17) is 4.74 Å². The lowest BCUT2D eigenvalue weighted by Gasteiger charge is -2.11. The fourth-order valence-electron chi connectivity index (χ4n) is 1.73. The van der Waals surface area contributed by atoms with E-state index in [-0.39, 0.29) is 19.0 Å². The van der Waals surface area contributed by atoms with Crippen molar-refractivity contribution in [2.75, 3.05) is 6.61 Å². The molecule has 7 heteroatoms. The molecule has 1 atom stereocenters. The average molecular weight is 277 g/mol. The second-order valence-corrected chi connectivity index (χ2v) is 4.34. The Labute approximate surface area is 115 Å². The minimum absolute atomic E-state index is 0.154. The van der Waals surface area contributed by atoms with Crippen molar-refractivity contribution < 1.29 is 14.8 Å². The van der Waals surface area contributed by atoms with E-state index in [1.54, 1.807) is 0 Å². The Kier molecular flexibility index (Phi) is 4.80. The molecule has 0 aliphatic heterocycles. The van der Waals surface area contributed by atoms with Gasteiger partial charge in [0.25, 0.3) is 0 Å². The van der Waals surface area contributed by atoms with E-state index >= 15 is 0 Å². The maximum atomic E-state index is 10.5. The fraction of sp³-hybridized carbons (Fsp3) is 0.308. The summed E-state index contributed by atoms with van der Waals surface area (Å²) in [4.78, 5) is 13.5. The minimum Gasteiger partial charge on any atom is -0.389 e. The van der Waals surface area contributed by atoms with Crippen LogP contribution in [0.3, 0.4) is 0 Å². The first-order valence-electron chi connectivity index (χ1n) is 6.11. The summed E-state index contributed by atoms with van der Waals surface area (Å²) in [5.74, 6) is -0.234. The van der Waals surface area contributed by atoms with Crippen molar-refractivity contribution in [1.82, 2.24) is 9.55 Å². The largest absolute Gasteiger partial charge is 0.389 e. The summed E-state index contributed by atoms with van der Waals surface area (Å²) < 4.78 is 6.86. The van der Waals surface area contributed by atoms with Crippen LogP contribution >= 0.6 is 0 Å². The summed E-state index contributed by atoms with van der Waals surface area (Å²) >= 11 is 0. The molecule has 7 nitrogen and oxygen atoms in total. The van der Waals surface area contributed by atoms with Crippen LogP contribution in [-0.2, 0) is 17.9 Å². The smallest absolute Gasteiger partial charge is 0.381 e. The number of rotatable bonds is 7. The van der Waals surface area contributed by atoms with Crippen LogP contribution in [0.5, 0.6) is 0 Å². The molecular formula is C13H15N3O4. The predicted octanol–water partition coefficient (Wildman–Crippen LogP) is 1.37. The van der Waals surface area contributed by atoms with Gasteiger partial charge in [0, 0.05) is 0 Å². The quantitative estimate of drug-likeness (QED) is 0.609. The molecule has 0 saturated carbocycles. The highest BCUT2D eigenvalue weighted by atomic mass is 16.6. The highest BCUT2D eigenvalue weighted by molar-refractivity contribution is 5.13. The van der Waals surface area contributed by atoms with Crippen molar-refractivity contribution in [2.24, 2.45) is 0 Å². The maximum Gasteiger partial charge on any atom is 0.381 e. The molecule has 20 heavy (non-hydrogen) atoms. The van der Waals surface area contributed by atoms with Crippen LogP contribution in [0.2, 0.25) is 0 Å². The van der Waals surface area contributed by atoms with Gasteiger partial charge in [-0.05, 0) is 15.5 Å². The zero-order valence-electron chi connectivity index (χ0n) is 10.8. The van der Waals surface area contributed by atoms with Crippen LogP contribution in [0.25, 0.3) is 0 Å². The van der Waals surface area contributed by atoms with Crippen molar-refractivity contribution in [3.8, 4) is 0 Å². The number of aliphatic hydroxyl groups is 1. The molecule has 0 saturated heterocycles. The van der Waals surface area contributed by atoms with Crippen LogP contribution in [0, 0.1) is 10.1 Å². The summed E-state index contributed by atoms with van der Waals surface area (Å²) in [7, 11) is 0. The number of nitro groups is 1. The van der Waals surface area contributed by atoms with Crippen molar-refractivity contribution in [1.29, 1.82) is 0 Å². The first-order valence-corrected chi connectivity index (χ1v) is 6.11. The highest BCUT2D eigenvalue weighted by Gasteiger charge is 2.12. The Bertz CT molecular complexity index is 556. The second-order valence-electron chi connectivity index (χ2n) is 4.34. The van der Waals surface area contributed by atoms with Gasteiger partial charge in [-0.1, -0.05) is 30.3 Å². The number of hydrogen-bond donors (Lipinski definition) is 1. The molecule has 0 aliphatic carbocycles. The first-order chi connectivity index (χ1) is 9.65. The van der Waals surface area contributed by atoms with Crippen molar-refractivity contribution in [3.05, 3.63) is 58.5 Å². The molecule has 0 amide bonds. The number of aliphatic hydroxyl groups excluding tert-OH is 1. The van der Waals surface area contributed by atoms with Gasteiger partial charge in [-0.25, -0.2) is 0 Å². The lowest BCUT2D eigenvalue weighted by atomic mass is 10.2. The van der Waals surface area contributed by atoms with Crippen molar-refractivity contribution in [3.63, 3.8) is 0 Å². The Hall–Kier alpha value is -2.25. The molecule has 2 aromatic rings. The van der Waals surface area contributed by atoms with Gasteiger partial charge in [-0.15, -0.1) is 0 Å². The Morgan fingerprint density at radius 1 is 1.40 bits per heavy atom. The molecule has 1 heterocycles. The average Bonchev–Trinajstić information content (AvgIpc) is 2.88. The standard InChI is InChI=1S/C13H15N3O4/c17-12(6-15-7-13(14-10-15)16(18)19)9-20-8-11-4-2-1-3-5-11/h1-5,7,10,12,17H,6,8-9H2. The van der Waals surface area contributed by atoms with Gasteiger partial charge in [0.05, 0.1) is 25.9 Å². The number of nitrogens with zero attached hydrogens (tertiary/aromatic N) is 3. The maximum absolute atomic E-state index is 10.5. The normalized spacial score (nSPS) is 12.2. The molecule has 0 aliphatic rings.